The van der Waals surface area contributed by atoms with E-state index in [1.165, 1.54) is 6.92 Å². The molecule has 14 heteroatoms. The van der Waals surface area contributed by atoms with Crippen molar-refractivity contribution in [2.24, 2.45) is 0 Å². The number of hydrogen-bond acceptors (Lipinski definition) is 6. The van der Waals surface area contributed by atoms with Crippen LogP contribution in [0.15, 0.2) is 18.2 Å². The molecule has 0 aliphatic heterocycles. The largest absolute Gasteiger partial charge is 0.462 e. The number of ether oxygens (including phenoxy) is 3. The first-order chi connectivity index (χ1) is 15.3. The van der Waals surface area contributed by atoms with Crippen LogP contribution in [-0.4, -0.2) is 34.9 Å². The highest BCUT2D eigenvalue weighted by atomic mass is 35.6. The van der Waals surface area contributed by atoms with Gasteiger partial charge in [-0.3, -0.25) is 0 Å². The molecule has 0 amide bonds. The van der Waals surface area contributed by atoms with Gasteiger partial charge in [0.15, 0.2) is 0 Å². The molecule has 178 valence electrons. The lowest BCUT2D eigenvalue weighted by molar-refractivity contribution is 0.0512. The quantitative estimate of drug-likeness (QED) is 0.125. The standard InChI is InChI=1S/C19H10Cl3F5O6/c1-2-31-16(28)7-3-8(17(29)32-6-19(20,21)22)5-9(4-7)18(30)33-15-13(26)11(24)10(23)12(25)14(15)27/h3-5H,2,6H2,1H3. The van der Waals surface area contributed by atoms with Crippen molar-refractivity contribution in [2.75, 3.05) is 13.2 Å². The fourth-order valence-electron chi connectivity index (χ4n) is 2.25. The number of benzene rings is 2. The van der Waals surface area contributed by atoms with E-state index in [4.69, 9.17) is 44.3 Å². The Morgan fingerprint density at radius 3 is 1.55 bits per heavy atom. The summed E-state index contributed by atoms with van der Waals surface area (Å²) in [5.41, 5.74) is -1.60. The second-order valence-corrected chi connectivity index (χ2v) is 8.52. The Bertz CT molecular complexity index is 1090. The molecule has 2 rings (SSSR count). The van der Waals surface area contributed by atoms with Crippen LogP contribution in [0.4, 0.5) is 22.0 Å². The van der Waals surface area contributed by atoms with E-state index in [2.05, 4.69) is 4.74 Å². The molecule has 0 spiro atoms. The van der Waals surface area contributed by atoms with E-state index in [9.17, 15) is 36.3 Å². The summed E-state index contributed by atoms with van der Waals surface area (Å²) in [5.74, 6) is -17.8. The average molecular weight is 536 g/mol. The molecule has 0 unspecified atom stereocenters. The van der Waals surface area contributed by atoms with Crippen LogP contribution in [-0.2, 0) is 9.47 Å². The lowest BCUT2D eigenvalue weighted by Gasteiger charge is -2.13. The number of hydrogen-bond donors (Lipinski definition) is 0. The Balaban J connectivity index is 2.48. The van der Waals surface area contributed by atoms with Gasteiger partial charge in [-0.25, -0.2) is 27.6 Å². The van der Waals surface area contributed by atoms with Gasteiger partial charge in [0.25, 0.3) is 0 Å². The van der Waals surface area contributed by atoms with Gasteiger partial charge in [0.05, 0.1) is 23.3 Å². The highest BCUT2D eigenvalue weighted by Crippen LogP contribution is 2.30. The van der Waals surface area contributed by atoms with Crippen molar-refractivity contribution in [2.45, 2.75) is 10.7 Å². The lowest BCUT2D eigenvalue weighted by Crippen LogP contribution is -2.19. The normalized spacial score (nSPS) is 11.2. The van der Waals surface area contributed by atoms with Crippen LogP contribution in [0, 0.1) is 29.1 Å². The van der Waals surface area contributed by atoms with Gasteiger partial charge < -0.3 is 14.2 Å². The summed E-state index contributed by atoms with van der Waals surface area (Å²) in [6.07, 6.45) is 0. The first-order valence-electron chi connectivity index (χ1n) is 8.56. The first-order valence-corrected chi connectivity index (χ1v) is 9.69. The van der Waals surface area contributed by atoms with Gasteiger partial charge >= 0.3 is 17.9 Å². The molecule has 0 bridgehead atoms. The molecule has 0 N–H and O–H groups in total. The summed E-state index contributed by atoms with van der Waals surface area (Å²) in [6.45, 7) is 0.616. The number of halogens is 8. The van der Waals surface area contributed by atoms with Crippen molar-refractivity contribution in [3.05, 3.63) is 64.0 Å². The Labute approximate surface area is 197 Å². The molecule has 2 aromatic carbocycles. The first kappa shape index (κ1) is 26.6. The third kappa shape index (κ3) is 6.46. The Kier molecular flexibility index (Phi) is 8.50. The van der Waals surface area contributed by atoms with E-state index >= 15 is 0 Å². The van der Waals surface area contributed by atoms with Gasteiger partial charge in [0.2, 0.25) is 38.6 Å². The fraction of sp³-hybridized carbons (Fsp3) is 0.211. The number of carbonyl (C=O) groups is 3. The van der Waals surface area contributed by atoms with Crippen LogP contribution in [0.3, 0.4) is 0 Å². The molecule has 0 aromatic heterocycles. The van der Waals surface area contributed by atoms with Crippen LogP contribution in [0.5, 0.6) is 5.75 Å². The maximum absolute atomic E-state index is 13.8. The van der Waals surface area contributed by atoms with Crippen LogP contribution in [0.1, 0.15) is 38.0 Å². The van der Waals surface area contributed by atoms with Crippen LogP contribution < -0.4 is 4.74 Å². The zero-order valence-electron chi connectivity index (χ0n) is 16.1. The summed E-state index contributed by atoms with van der Waals surface area (Å²) in [6, 6.07) is 2.46. The third-order valence-corrected chi connectivity index (χ3v) is 3.97. The van der Waals surface area contributed by atoms with Crippen molar-refractivity contribution < 1.29 is 50.5 Å². The SMILES string of the molecule is CCOC(=O)c1cc(C(=O)OCC(Cl)(Cl)Cl)cc(C(=O)Oc2c(F)c(F)c(F)c(F)c2F)c1. The summed E-state index contributed by atoms with van der Waals surface area (Å²) in [7, 11) is 0. The minimum absolute atomic E-state index is 0.106. The topological polar surface area (TPSA) is 78.9 Å². The molecule has 0 radical (unpaired) electrons. The molecule has 0 heterocycles. The average Bonchev–Trinajstić information content (AvgIpc) is 2.76. The second-order valence-electron chi connectivity index (χ2n) is 6.00. The van der Waals surface area contributed by atoms with E-state index in [1.807, 2.05) is 0 Å². The van der Waals surface area contributed by atoms with Gasteiger partial charge in [-0.15, -0.1) is 0 Å². The molecule has 0 fully saturated rings. The van der Waals surface area contributed by atoms with Crippen molar-refractivity contribution in [3.63, 3.8) is 0 Å². The number of carbonyl (C=O) groups excluding carboxylic acids is 3. The second kappa shape index (κ2) is 10.5. The maximum atomic E-state index is 13.8. The molecule has 0 saturated heterocycles. The minimum atomic E-state index is -2.46. The molecule has 6 nitrogen and oxygen atoms in total. The number of alkyl halides is 3. The predicted octanol–water partition coefficient (Wildman–Crippen LogP) is 5.31. The Morgan fingerprint density at radius 2 is 1.12 bits per heavy atom. The van der Waals surface area contributed by atoms with E-state index in [-0.39, 0.29) is 6.61 Å². The monoisotopic (exact) mass is 534 g/mol. The van der Waals surface area contributed by atoms with Gasteiger partial charge in [-0.05, 0) is 25.1 Å². The van der Waals surface area contributed by atoms with E-state index in [0.29, 0.717) is 0 Å². The molecule has 0 saturated carbocycles. The Morgan fingerprint density at radius 1 is 0.727 bits per heavy atom. The third-order valence-electron chi connectivity index (χ3n) is 3.65. The number of esters is 3. The molecule has 2 aromatic rings. The highest BCUT2D eigenvalue weighted by molar-refractivity contribution is 6.67. The number of rotatable bonds is 6. The lowest BCUT2D eigenvalue weighted by atomic mass is 10.1. The summed E-state index contributed by atoms with van der Waals surface area (Å²) < 4.78 is 79.3. The van der Waals surface area contributed by atoms with Crippen molar-refractivity contribution in [3.8, 4) is 5.75 Å². The highest BCUT2D eigenvalue weighted by Gasteiger charge is 2.30. The maximum Gasteiger partial charge on any atom is 0.343 e. The molecule has 33 heavy (non-hydrogen) atoms. The summed E-state index contributed by atoms with van der Waals surface area (Å²) >= 11 is 16.4. The van der Waals surface area contributed by atoms with Crippen molar-refractivity contribution >= 4 is 52.7 Å². The smallest absolute Gasteiger partial charge is 0.343 e. The zero-order valence-corrected chi connectivity index (χ0v) is 18.4. The summed E-state index contributed by atoms with van der Waals surface area (Å²) in [5, 5.41) is 0. The van der Waals surface area contributed by atoms with Gasteiger partial charge in [-0.2, -0.15) is 8.78 Å². The molecule has 0 atom stereocenters. The summed E-state index contributed by atoms with van der Waals surface area (Å²) in [4.78, 5) is 36.7. The molecular weight excluding hydrogens is 526 g/mol. The minimum Gasteiger partial charge on any atom is -0.462 e. The van der Waals surface area contributed by atoms with Gasteiger partial charge in [0.1, 0.15) is 6.61 Å². The zero-order chi connectivity index (χ0) is 25.1. The Hall–Kier alpha value is -2.63. The van der Waals surface area contributed by atoms with Crippen molar-refractivity contribution in [1.29, 1.82) is 0 Å². The van der Waals surface area contributed by atoms with Crippen LogP contribution in [0.25, 0.3) is 0 Å². The van der Waals surface area contributed by atoms with E-state index in [1.54, 1.807) is 0 Å². The van der Waals surface area contributed by atoms with Crippen LogP contribution in [0.2, 0.25) is 0 Å². The predicted molar refractivity (Wildman–Crippen MR) is 104 cm³/mol. The molecule has 0 aliphatic carbocycles. The van der Waals surface area contributed by atoms with Crippen LogP contribution >= 0.6 is 34.8 Å². The van der Waals surface area contributed by atoms with Gasteiger partial charge in [-0.1, -0.05) is 34.8 Å². The van der Waals surface area contributed by atoms with E-state index < -0.39 is 79.8 Å². The fourth-order valence-corrected chi connectivity index (χ4v) is 2.42. The van der Waals surface area contributed by atoms with Crippen molar-refractivity contribution in [1.82, 2.24) is 0 Å². The molecular formula is C19H10Cl3F5O6. The molecule has 0 aliphatic rings. The van der Waals surface area contributed by atoms with Gasteiger partial charge in [0, 0.05) is 0 Å². The van der Waals surface area contributed by atoms with E-state index in [0.717, 1.165) is 18.2 Å².